The third-order valence-corrected chi connectivity index (χ3v) is 5.02. The Hall–Kier alpha value is -3.44. The molecule has 30 heavy (non-hydrogen) atoms. The van der Waals surface area contributed by atoms with Crippen molar-refractivity contribution in [3.8, 4) is 17.1 Å². The van der Waals surface area contributed by atoms with Gasteiger partial charge in [0.1, 0.15) is 0 Å². The zero-order valence-electron chi connectivity index (χ0n) is 16.8. The van der Waals surface area contributed by atoms with Crippen molar-refractivity contribution in [3.63, 3.8) is 0 Å². The first-order valence-electron chi connectivity index (χ1n) is 9.64. The first-order valence-corrected chi connectivity index (χ1v) is 10.0. The topological polar surface area (TPSA) is 59.8 Å². The van der Waals surface area contributed by atoms with Crippen LogP contribution in [-0.4, -0.2) is 20.7 Å². The lowest BCUT2D eigenvalue weighted by atomic mass is 10.1. The van der Waals surface area contributed by atoms with Crippen LogP contribution < -0.4 is 5.32 Å². The lowest BCUT2D eigenvalue weighted by Gasteiger charge is -2.10. The monoisotopic (exact) mass is 416 g/mol. The molecule has 0 radical (unpaired) electrons. The SMILES string of the molecule is Cc1cccc(-c2nc(C(=O)NCc3ccccc3)nn2-c2cc(Cl)ccc2C)c1. The van der Waals surface area contributed by atoms with Gasteiger partial charge in [0, 0.05) is 17.1 Å². The summed E-state index contributed by atoms with van der Waals surface area (Å²) in [5, 5.41) is 8.02. The maximum atomic E-state index is 12.8. The van der Waals surface area contributed by atoms with Gasteiger partial charge in [0.25, 0.3) is 5.91 Å². The van der Waals surface area contributed by atoms with Crippen LogP contribution in [0.2, 0.25) is 5.02 Å². The van der Waals surface area contributed by atoms with Crippen molar-refractivity contribution < 1.29 is 4.79 Å². The van der Waals surface area contributed by atoms with Crippen molar-refractivity contribution in [1.82, 2.24) is 20.1 Å². The highest BCUT2D eigenvalue weighted by molar-refractivity contribution is 6.30. The number of halogens is 1. The number of carbonyl (C=O) groups excluding carboxylic acids is 1. The molecule has 150 valence electrons. The van der Waals surface area contributed by atoms with Crippen LogP contribution >= 0.6 is 11.6 Å². The number of aryl methyl sites for hydroxylation is 2. The predicted molar refractivity (Wildman–Crippen MR) is 119 cm³/mol. The fourth-order valence-corrected chi connectivity index (χ4v) is 3.38. The molecular formula is C24H21ClN4O. The number of benzene rings is 3. The van der Waals surface area contributed by atoms with Crippen molar-refractivity contribution in [2.45, 2.75) is 20.4 Å². The number of hydrogen-bond donors (Lipinski definition) is 1. The van der Waals surface area contributed by atoms with Crippen molar-refractivity contribution in [2.24, 2.45) is 0 Å². The van der Waals surface area contributed by atoms with Crippen molar-refractivity contribution in [1.29, 1.82) is 0 Å². The summed E-state index contributed by atoms with van der Waals surface area (Å²) in [6.45, 7) is 4.40. The normalized spacial score (nSPS) is 10.8. The van der Waals surface area contributed by atoms with Crippen LogP contribution in [0.25, 0.3) is 17.1 Å². The molecule has 1 amide bonds. The zero-order valence-corrected chi connectivity index (χ0v) is 17.5. The van der Waals surface area contributed by atoms with E-state index in [1.165, 1.54) is 0 Å². The van der Waals surface area contributed by atoms with Gasteiger partial charge in [-0.25, -0.2) is 9.67 Å². The molecule has 0 saturated carbocycles. The molecule has 5 nitrogen and oxygen atoms in total. The molecule has 0 aliphatic heterocycles. The van der Waals surface area contributed by atoms with Crippen LogP contribution in [0.3, 0.4) is 0 Å². The Morgan fingerprint density at radius 2 is 1.80 bits per heavy atom. The molecule has 6 heteroatoms. The molecule has 0 saturated heterocycles. The molecule has 0 aliphatic rings. The summed E-state index contributed by atoms with van der Waals surface area (Å²) in [6.07, 6.45) is 0. The highest BCUT2D eigenvalue weighted by Gasteiger charge is 2.20. The van der Waals surface area contributed by atoms with Gasteiger partial charge in [0.2, 0.25) is 5.82 Å². The summed E-state index contributed by atoms with van der Waals surface area (Å²) in [5.41, 5.74) is 4.75. The summed E-state index contributed by atoms with van der Waals surface area (Å²) in [7, 11) is 0. The van der Waals surface area contributed by atoms with Crippen molar-refractivity contribution in [2.75, 3.05) is 0 Å². The van der Waals surface area contributed by atoms with Gasteiger partial charge in [-0.3, -0.25) is 4.79 Å². The average Bonchev–Trinajstić information content (AvgIpc) is 3.20. The van der Waals surface area contributed by atoms with E-state index < -0.39 is 0 Å². The molecule has 4 aromatic rings. The summed E-state index contributed by atoms with van der Waals surface area (Å²) >= 11 is 6.24. The Balaban J connectivity index is 1.74. The van der Waals surface area contributed by atoms with Gasteiger partial charge in [-0.05, 0) is 43.2 Å². The lowest BCUT2D eigenvalue weighted by Crippen LogP contribution is -2.24. The average molecular weight is 417 g/mol. The van der Waals surface area contributed by atoms with E-state index in [0.29, 0.717) is 17.4 Å². The molecule has 0 atom stereocenters. The first kappa shape index (κ1) is 19.9. The second-order valence-electron chi connectivity index (χ2n) is 7.14. The Bertz CT molecular complexity index is 1200. The second-order valence-corrected chi connectivity index (χ2v) is 7.58. The van der Waals surface area contributed by atoms with Gasteiger partial charge in [0.15, 0.2) is 5.82 Å². The van der Waals surface area contributed by atoms with E-state index >= 15 is 0 Å². The molecule has 4 rings (SSSR count). The molecule has 0 unspecified atom stereocenters. The summed E-state index contributed by atoms with van der Waals surface area (Å²) in [6, 6.07) is 23.3. The Labute approximate surface area is 180 Å². The predicted octanol–water partition coefficient (Wildman–Crippen LogP) is 5.13. The highest BCUT2D eigenvalue weighted by Crippen LogP contribution is 2.26. The Kier molecular flexibility index (Phi) is 5.63. The van der Waals surface area contributed by atoms with Crippen molar-refractivity contribution in [3.05, 3.63) is 100 Å². The minimum absolute atomic E-state index is 0.113. The van der Waals surface area contributed by atoms with Crippen LogP contribution in [-0.2, 0) is 6.54 Å². The minimum Gasteiger partial charge on any atom is -0.345 e. The lowest BCUT2D eigenvalue weighted by molar-refractivity contribution is 0.0940. The molecular weight excluding hydrogens is 396 g/mol. The maximum absolute atomic E-state index is 12.8. The number of rotatable bonds is 5. The van der Waals surface area contributed by atoms with E-state index in [2.05, 4.69) is 15.4 Å². The van der Waals surface area contributed by atoms with Gasteiger partial charge in [-0.1, -0.05) is 71.8 Å². The summed E-state index contributed by atoms with van der Waals surface area (Å²) in [5.74, 6) is 0.377. The first-order chi connectivity index (χ1) is 14.5. The van der Waals surface area contributed by atoms with Crippen LogP contribution in [0.4, 0.5) is 0 Å². The van der Waals surface area contributed by atoms with E-state index in [4.69, 9.17) is 11.6 Å². The maximum Gasteiger partial charge on any atom is 0.291 e. The van der Waals surface area contributed by atoms with E-state index in [1.54, 1.807) is 4.68 Å². The molecule has 1 heterocycles. The van der Waals surface area contributed by atoms with E-state index in [0.717, 1.165) is 27.9 Å². The van der Waals surface area contributed by atoms with Crippen LogP contribution in [0.5, 0.6) is 0 Å². The molecule has 0 fully saturated rings. The molecule has 0 bridgehead atoms. The number of hydrogen-bond acceptors (Lipinski definition) is 3. The smallest absolute Gasteiger partial charge is 0.291 e. The number of nitrogens with zero attached hydrogens (tertiary/aromatic N) is 3. The van der Waals surface area contributed by atoms with Crippen molar-refractivity contribution >= 4 is 17.5 Å². The third kappa shape index (κ3) is 4.26. The number of carbonyl (C=O) groups is 1. The standard InChI is InChI=1S/C24H21ClN4O/c1-16-7-6-10-19(13-16)23-27-22(24(30)26-15-18-8-4-3-5-9-18)28-29(23)21-14-20(25)12-11-17(21)2/h3-14H,15H2,1-2H3,(H,26,30). The molecule has 0 spiro atoms. The van der Waals surface area contributed by atoms with Gasteiger partial charge < -0.3 is 5.32 Å². The fourth-order valence-electron chi connectivity index (χ4n) is 3.22. The molecule has 0 aliphatic carbocycles. The van der Waals surface area contributed by atoms with Gasteiger partial charge in [-0.2, -0.15) is 0 Å². The summed E-state index contributed by atoms with van der Waals surface area (Å²) < 4.78 is 1.69. The zero-order chi connectivity index (χ0) is 21.1. The quantitative estimate of drug-likeness (QED) is 0.490. The van der Waals surface area contributed by atoms with Crippen LogP contribution in [0, 0.1) is 13.8 Å². The molecule has 1 aromatic heterocycles. The fraction of sp³-hybridized carbons (Fsp3) is 0.125. The third-order valence-electron chi connectivity index (χ3n) is 4.78. The number of amides is 1. The van der Waals surface area contributed by atoms with E-state index in [-0.39, 0.29) is 11.7 Å². The largest absolute Gasteiger partial charge is 0.345 e. The summed E-state index contributed by atoms with van der Waals surface area (Å²) in [4.78, 5) is 17.4. The molecule has 3 aromatic carbocycles. The second kappa shape index (κ2) is 8.51. The minimum atomic E-state index is -0.328. The van der Waals surface area contributed by atoms with Crippen LogP contribution in [0.1, 0.15) is 27.3 Å². The van der Waals surface area contributed by atoms with E-state index in [9.17, 15) is 4.79 Å². The van der Waals surface area contributed by atoms with Gasteiger partial charge in [-0.15, -0.1) is 5.10 Å². The van der Waals surface area contributed by atoms with Crippen LogP contribution in [0.15, 0.2) is 72.8 Å². The highest BCUT2D eigenvalue weighted by atomic mass is 35.5. The van der Waals surface area contributed by atoms with Gasteiger partial charge >= 0.3 is 0 Å². The number of nitrogens with one attached hydrogen (secondary N) is 1. The molecule has 1 N–H and O–H groups in total. The Morgan fingerprint density at radius 1 is 1.00 bits per heavy atom. The number of aromatic nitrogens is 3. The van der Waals surface area contributed by atoms with Gasteiger partial charge in [0.05, 0.1) is 5.69 Å². The Morgan fingerprint density at radius 3 is 2.57 bits per heavy atom. The van der Waals surface area contributed by atoms with E-state index in [1.807, 2.05) is 86.6 Å².